The molecule has 150 valence electrons. The second-order valence-corrected chi connectivity index (χ2v) is 6.76. The number of hydrogen-bond acceptors (Lipinski definition) is 3. The zero-order valence-corrected chi connectivity index (χ0v) is 15.5. The van der Waals surface area contributed by atoms with Crippen molar-refractivity contribution >= 4 is 22.7 Å². The number of carbonyl (C=O) groups is 2. The van der Waals surface area contributed by atoms with Crippen LogP contribution in [-0.2, 0) is 0 Å². The van der Waals surface area contributed by atoms with Gasteiger partial charge in [0.1, 0.15) is 11.4 Å². The first-order valence-electron chi connectivity index (χ1n) is 9.22. The number of aromatic nitrogens is 1. The number of H-pyrrole nitrogens is 1. The van der Waals surface area contributed by atoms with Crippen molar-refractivity contribution in [3.05, 3.63) is 65.9 Å². The van der Waals surface area contributed by atoms with Gasteiger partial charge in [-0.1, -0.05) is 24.3 Å². The fourth-order valence-corrected chi connectivity index (χ4v) is 3.46. The summed E-state index contributed by atoms with van der Waals surface area (Å²) in [6.45, 7) is -1.42. The lowest BCUT2D eigenvalue weighted by atomic mass is 10.1. The van der Waals surface area contributed by atoms with E-state index in [4.69, 9.17) is 0 Å². The summed E-state index contributed by atoms with van der Waals surface area (Å²) in [5, 5.41) is 0.968. The maximum atomic E-state index is 12.8. The Bertz CT molecular complexity index is 1010. The van der Waals surface area contributed by atoms with Crippen molar-refractivity contribution in [2.45, 2.75) is 6.61 Å². The summed E-state index contributed by atoms with van der Waals surface area (Å²) in [6, 6.07) is 15.2. The summed E-state index contributed by atoms with van der Waals surface area (Å²) in [4.78, 5) is 31.9. The number of amides is 2. The second-order valence-electron chi connectivity index (χ2n) is 6.76. The number of fused-ring (bicyclic) bond motifs is 1. The Labute approximate surface area is 165 Å². The zero-order chi connectivity index (χ0) is 20.4. The molecule has 2 heterocycles. The normalized spacial score (nSPS) is 14.4. The molecule has 1 saturated heterocycles. The van der Waals surface area contributed by atoms with Gasteiger partial charge in [-0.15, -0.1) is 0 Å². The van der Waals surface area contributed by atoms with Crippen LogP contribution >= 0.6 is 0 Å². The van der Waals surface area contributed by atoms with Gasteiger partial charge < -0.3 is 19.5 Å². The fourth-order valence-electron chi connectivity index (χ4n) is 3.46. The molecule has 0 unspecified atom stereocenters. The number of ether oxygens (including phenoxy) is 1. The molecule has 1 aromatic heterocycles. The van der Waals surface area contributed by atoms with Crippen molar-refractivity contribution in [2.24, 2.45) is 0 Å². The summed E-state index contributed by atoms with van der Waals surface area (Å²) >= 11 is 0. The number of benzene rings is 2. The zero-order valence-electron chi connectivity index (χ0n) is 15.5. The van der Waals surface area contributed by atoms with E-state index in [1.807, 2.05) is 30.3 Å². The second kappa shape index (κ2) is 7.90. The minimum atomic E-state index is -2.94. The summed E-state index contributed by atoms with van der Waals surface area (Å²) in [6.07, 6.45) is 0. The number of halogens is 2. The summed E-state index contributed by atoms with van der Waals surface area (Å²) in [5.41, 5.74) is 1.69. The molecule has 29 heavy (non-hydrogen) atoms. The lowest BCUT2D eigenvalue weighted by Gasteiger charge is -2.34. The van der Waals surface area contributed by atoms with E-state index in [0.717, 1.165) is 10.9 Å². The number of piperazine rings is 1. The largest absolute Gasteiger partial charge is 0.435 e. The predicted octanol–water partition coefficient (Wildman–Crippen LogP) is 3.37. The number of nitrogens with one attached hydrogen (secondary N) is 1. The minimum absolute atomic E-state index is 0.0570. The Morgan fingerprint density at radius 1 is 0.897 bits per heavy atom. The molecule has 2 amide bonds. The van der Waals surface area contributed by atoms with Gasteiger partial charge in [0.15, 0.2) is 0 Å². The molecular weight excluding hydrogens is 380 g/mol. The lowest BCUT2D eigenvalue weighted by molar-refractivity contribution is -0.0499. The van der Waals surface area contributed by atoms with Crippen LogP contribution in [0.1, 0.15) is 20.8 Å². The smallest absolute Gasteiger partial charge is 0.387 e. The van der Waals surface area contributed by atoms with E-state index >= 15 is 0 Å². The van der Waals surface area contributed by atoms with Crippen LogP contribution in [0.5, 0.6) is 5.75 Å². The highest BCUT2D eigenvalue weighted by molar-refractivity contribution is 5.98. The van der Waals surface area contributed by atoms with E-state index < -0.39 is 6.61 Å². The van der Waals surface area contributed by atoms with Crippen LogP contribution in [0.3, 0.4) is 0 Å². The Hall–Kier alpha value is -3.42. The van der Waals surface area contributed by atoms with Crippen LogP contribution in [-0.4, -0.2) is 59.4 Å². The molecule has 0 atom stereocenters. The van der Waals surface area contributed by atoms with E-state index in [2.05, 4.69) is 9.72 Å². The molecule has 1 N–H and O–H groups in total. The van der Waals surface area contributed by atoms with Crippen molar-refractivity contribution in [2.75, 3.05) is 26.2 Å². The van der Waals surface area contributed by atoms with Crippen molar-refractivity contribution < 1.29 is 23.1 Å². The molecule has 8 heteroatoms. The third-order valence-electron chi connectivity index (χ3n) is 4.92. The Morgan fingerprint density at radius 3 is 2.28 bits per heavy atom. The van der Waals surface area contributed by atoms with Gasteiger partial charge >= 0.3 is 6.61 Å². The topological polar surface area (TPSA) is 65.6 Å². The summed E-state index contributed by atoms with van der Waals surface area (Å²) < 4.78 is 29.1. The number of alkyl halides is 2. The van der Waals surface area contributed by atoms with Crippen LogP contribution in [0.4, 0.5) is 8.78 Å². The molecule has 1 fully saturated rings. The SMILES string of the molecule is O=C(c1cccc(OC(F)F)c1)N1CCN(C(=O)c2cc3ccccc3[nH]2)CC1. The molecule has 2 aromatic carbocycles. The highest BCUT2D eigenvalue weighted by Crippen LogP contribution is 2.19. The van der Waals surface area contributed by atoms with Crippen LogP contribution in [0, 0.1) is 0 Å². The monoisotopic (exact) mass is 399 g/mol. The first kappa shape index (κ1) is 18.9. The van der Waals surface area contributed by atoms with E-state index in [-0.39, 0.29) is 23.1 Å². The molecule has 0 spiro atoms. The van der Waals surface area contributed by atoms with Gasteiger partial charge in [-0.05, 0) is 30.3 Å². The predicted molar refractivity (Wildman–Crippen MR) is 103 cm³/mol. The minimum Gasteiger partial charge on any atom is -0.435 e. The maximum Gasteiger partial charge on any atom is 0.387 e. The summed E-state index contributed by atoms with van der Waals surface area (Å²) in [7, 11) is 0. The average Bonchev–Trinajstić information content (AvgIpc) is 3.17. The van der Waals surface area contributed by atoms with Crippen LogP contribution in [0.25, 0.3) is 10.9 Å². The van der Waals surface area contributed by atoms with E-state index in [1.165, 1.54) is 18.2 Å². The standard InChI is InChI=1S/C21H19F2N3O3/c22-21(23)29-16-6-3-5-15(12-16)19(27)25-8-10-26(11-9-25)20(28)18-13-14-4-1-2-7-17(14)24-18/h1-7,12-13,21,24H,8-11H2. The van der Waals surface area contributed by atoms with Gasteiger partial charge in [0, 0.05) is 42.6 Å². The van der Waals surface area contributed by atoms with Crippen LogP contribution < -0.4 is 4.74 Å². The van der Waals surface area contributed by atoms with Gasteiger partial charge in [0.05, 0.1) is 0 Å². The van der Waals surface area contributed by atoms with E-state index in [0.29, 0.717) is 31.9 Å². The van der Waals surface area contributed by atoms with Gasteiger partial charge in [-0.25, -0.2) is 0 Å². The molecule has 0 bridgehead atoms. The van der Waals surface area contributed by atoms with Crippen LogP contribution in [0.15, 0.2) is 54.6 Å². The molecule has 0 saturated carbocycles. The molecular formula is C21H19F2N3O3. The fraction of sp³-hybridized carbons (Fsp3) is 0.238. The van der Waals surface area contributed by atoms with Gasteiger partial charge in [-0.3, -0.25) is 9.59 Å². The molecule has 0 aliphatic carbocycles. The Balaban J connectivity index is 1.40. The molecule has 1 aliphatic heterocycles. The van der Waals surface area contributed by atoms with Crippen LogP contribution in [0.2, 0.25) is 0 Å². The highest BCUT2D eigenvalue weighted by Gasteiger charge is 2.26. The first-order chi connectivity index (χ1) is 14.0. The molecule has 4 rings (SSSR count). The van der Waals surface area contributed by atoms with Crippen molar-refractivity contribution in [1.29, 1.82) is 0 Å². The number of nitrogens with zero attached hydrogens (tertiary/aromatic N) is 2. The molecule has 1 aliphatic rings. The Morgan fingerprint density at radius 2 is 1.59 bits per heavy atom. The Kier molecular flexibility index (Phi) is 5.16. The maximum absolute atomic E-state index is 12.8. The van der Waals surface area contributed by atoms with Crippen molar-refractivity contribution in [3.63, 3.8) is 0 Å². The number of para-hydroxylation sites is 1. The first-order valence-corrected chi connectivity index (χ1v) is 9.22. The number of carbonyl (C=O) groups excluding carboxylic acids is 2. The average molecular weight is 399 g/mol. The number of hydrogen-bond donors (Lipinski definition) is 1. The van der Waals surface area contributed by atoms with E-state index in [9.17, 15) is 18.4 Å². The van der Waals surface area contributed by atoms with Gasteiger partial charge in [0.25, 0.3) is 11.8 Å². The lowest BCUT2D eigenvalue weighted by Crippen LogP contribution is -2.50. The summed E-state index contributed by atoms with van der Waals surface area (Å²) in [5.74, 6) is -0.443. The molecule has 0 radical (unpaired) electrons. The number of aromatic amines is 1. The van der Waals surface area contributed by atoms with Crippen molar-refractivity contribution in [3.8, 4) is 5.75 Å². The highest BCUT2D eigenvalue weighted by atomic mass is 19.3. The third kappa shape index (κ3) is 4.06. The molecule has 6 nitrogen and oxygen atoms in total. The van der Waals surface area contributed by atoms with E-state index in [1.54, 1.807) is 15.9 Å². The quantitative estimate of drug-likeness (QED) is 0.732. The third-order valence-corrected chi connectivity index (χ3v) is 4.92. The van der Waals surface area contributed by atoms with Gasteiger partial charge in [0.2, 0.25) is 0 Å². The number of rotatable bonds is 4. The van der Waals surface area contributed by atoms with Crippen molar-refractivity contribution in [1.82, 2.24) is 14.8 Å². The van der Waals surface area contributed by atoms with Gasteiger partial charge in [-0.2, -0.15) is 8.78 Å². The molecule has 3 aromatic rings.